The molecule has 0 aliphatic heterocycles. The molecule has 0 nitrogen and oxygen atoms in total. The van der Waals surface area contributed by atoms with Crippen molar-refractivity contribution in [2.24, 2.45) is 0 Å². The zero-order chi connectivity index (χ0) is 16.3. The lowest BCUT2D eigenvalue weighted by Crippen LogP contribution is -2.15. The molecule has 0 bridgehead atoms. The fraction of sp³-hybridized carbons (Fsp3) is 0. The Balaban J connectivity index is 2.03. The number of hydrogen-bond acceptors (Lipinski definition) is 0. The third-order valence-corrected chi connectivity index (χ3v) is 6.09. The van der Waals surface area contributed by atoms with Crippen LogP contribution in [0.2, 0.25) is 0 Å². The van der Waals surface area contributed by atoms with E-state index in [0.29, 0.717) is 0 Å². The first kappa shape index (κ1) is 12.2. The fourth-order valence-electron chi connectivity index (χ4n) is 5.06. The van der Waals surface area contributed by atoms with Crippen molar-refractivity contribution in [1.82, 2.24) is 0 Å². The number of rotatable bonds is 0. The van der Waals surface area contributed by atoms with Crippen LogP contribution in [-0.4, -0.2) is 0 Å². The topological polar surface area (TPSA) is 0 Å². The van der Waals surface area contributed by atoms with E-state index in [1.54, 1.807) is 0 Å². The Kier molecular flexibility index (Phi) is 1.80. The minimum atomic E-state index is 1.12. The van der Waals surface area contributed by atoms with Gasteiger partial charge in [-0.1, -0.05) is 12.6 Å². The summed E-state index contributed by atoms with van der Waals surface area (Å²) in [7, 11) is 0. The van der Waals surface area contributed by atoms with Gasteiger partial charge >= 0.3 is 0 Å². The van der Waals surface area contributed by atoms with Crippen LogP contribution in [0.1, 0.15) is 16.7 Å². The summed E-state index contributed by atoms with van der Waals surface area (Å²) in [6, 6.07) is 24.9. The molecule has 0 N–H and O–H groups in total. The van der Waals surface area contributed by atoms with E-state index in [0.717, 1.165) is 5.22 Å². The Morgan fingerprint density at radius 1 is 0.560 bits per heavy atom. The summed E-state index contributed by atoms with van der Waals surface area (Å²) in [5.74, 6) is 1.42. The van der Waals surface area contributed by atoms with Gasteiger partial charge in [0.1, 0.15) is 0 Å². The predicted molar refractivity (Wildman–Crippen MR) is 107 cm³/mol. The van der Waals surface area contributed by atoms with Gasteiger partial charge in [0, 0.05) is 43.1 Å². The summed E-state index contributed by atoms with van der Waals surface area (Å²) < 4.78 is 0. The molecular formula is C25H13+. The van der Waals surface area contributed by atoms with Crippen molar-refractivity contribution in [2.45, 2.75) is 0 Å². The molecule has 0 saturated heterocycles. The van der Waals surface area contributed by atoms with E-state index in [-0.39, 0.29) is 0 Å². The second-order valence-corrected chi connectivity index (χ2v) is 7.28. The van der Waals surface area contributed by atoms with Gasteiger partial charge in [-0.05, 0) is 65.9 Å². The van der Waals surface area contributed by atoms with Crippen LogP contribution < -0.4 is 5.22 Å². The van der Waals surface area contributed by atoms with E-state index < -0.39 is 0 Å². The first-order valence-electron chi connectivity index (χ1n) is 8.73. The van der Waals surface area contributed by atoms with E-state index in [4.69, 9.17) is 0 Å². The third kappa shape index (κ3) is 1.21. The van der Waals surface area contributed by atoms with Gasteiger partial charge in [0.05, 0.1) is 22.6 Å². The standard InChI is InChI=1S/C25H13/c1-13-12-18-9-8-16-5-3-14-2-4-15-6-7-17-10-11-19(13)25-23(17)21(15)20(14)22(16)24(18)25/h2-12H,1H2/q+1. The van der Waals surface area contributed by atoms with Gasteiger partial charge in [-0.3, -0.25) is 0 Å². The summed E-state index contributed by atoms with van der Waals surface area (Å²) in [5.41, 5.74) is 4.16. The van der Waals surface area contributed by atoms with Crippen molar-refractivity contribution in [3.63, 3.8) is 0 Å². The summed E-state index contributed by atoms with van der Waals surface area (Å²) in [6.07, 6.45) is 0. The van der Waals surface area contributed by atoms with Gasteiger partial charge in [0.25, 0.3) is 0 Å². The molecule has 4 aromatic rings. The lowest BCUT2D eigenvalue weighted by atomic mass is 9.70. The van der Waals surface area contributed by atoms with Gasteiger partial charge in [0.2, 0.25) is 0 Å². The van der Waals surface area contributed by atoms with Crippen LogP contribution in [0.25, 0.3) is 49.7 Å². The monoisotopic (exact) mass is 313 g/mol. The lowest BCUT2D eigenvalue weighted by molar-refractivity contribution is 1.26. The molecule has 0 atom stereocenters. The molecule has 112 valence electrons. The highest BCUT2D eigenvalue weighted by atomic mass is 14.3. The molecule has 4 aromatic carbocycles. The molecule has 7 rings (SSSR count). The Morgan fingerprint density at radius 3 is 1.88 bits per heavy atom. The maximum atomic E-state index is 4.34. The Labute approximate surface area is 144 Å². The first-order chi connectivity index (χ1) is 12.3. The molecule has 0 unspecified atom stereocenters. The van der Waals surface area contributed by atoms with Gasteiger partial charge in [-0.25, -0.2) is 0 Å². The second-order valence-electron chi connectivity index (χ2n) is 7.28. The van der Waals surface area contributed by atoms with Crippen molar-refractivity contribution >= 4 is 49.7 Å². The maximum absolute atomic E-state index is 4.34. The van der Waals surface area contributed by atoms with Crippen LogP contribution in [-0.2, 0) is 0 Å². The molecule has 0 amide bonds. The van der Waals surface area contributed by atoms with E-state index in [1.165, 1.54) is 65.7 Å². The molecular weight excluding hydrogens is 300 g/mol. The molecule has 25 heavy (non-hydrogen) atoms. The van der Waals surface area contributed by atoms with Crippen LogP contribution in [0.4, 0.5) is 0 Å². The van der Waals surface area contributed by atoms with Gasteiger partial charge < -0.3 is 0 Å². The van der Waals surface area contributed by atoms with Crippen molar-refractivity contribution in [3.05, 3.63) is 94.6 Å². The Morgan fingerprint density at radius 2 is 1.12 bits per heavy atom. The summed E-state index contributed by atoms with van der Waals surface area (Å²) >= 11 is 0. The average molecular weight is 313 g/mol. The first-order valence-corrected chi connectivity index (χ1v) is 8.73. The van der Waals surface area contributed by atoms with Gasteiger partial charge in [-0.2, -0.15) is 0 Å². The molecule has 3 aliphatic carbocycles. The van der Waals surface area contributed by atoms with Crippen LogP contribution in [0.3, 0.4) is 0 Å². The second kappa shape index (κ2) is 3.70. The minimum absolute atomic E-state index is 1.12. The van der Waals surface area contributed by atoms with Crippen molar-refractivity contribution in [1.29, 1.82) is 0 Å². The van der Waals surface area contributed by atoms with E-state index in [2.05, 4.69) is 73.3 Å². The Hall–Kier alpha value is -3.25. The van der Waals surface area contributed by atoms with Crippen molar-refractivity contribution in [3.8, 4) is 0 Å². The molecule has 0 fully saturated rings. The van der Waals surface area contributed by atoms with Crippen LogP contribution in [0.15, 0.2) is 66.7 Å². The smallest absolute Gasteiger partial charge is 0.0707 e. The SMILES string of the molecule is C=c1cc2ccc3ccc4ccc5ccc6ccc1c1c6c5[C+]4c3c21. The normalized spacial score (nSPS) is 13.7. The van der Waals surface area contributed by atoms with Crippen molar-refractivity contribution < 1.29 is 0 Å². The van der Waals surface area contributed by atoms with E-state index in [1.807, 2.05) is 0 Å². The maximum Gasteiger partial charge on any atom is 0.0707 e. The number of benzene rings is 4. The molecule has 0 radical (unpaired) electrons. The summed E-state index contributed by atoms with van der Waals surface area (Å²) in [4.78, 5) is 0. The number of hydrogen-bond donors (Lipinski definition) is 0. The van der Waals surface area contributed by atoms with E-state index >= 15 is 0 Å². The molecule has 0 heterocycles. The van der Waals surface area contributed by atoms with E-state index in [9.17, 15) is 0 Å². The fourth-order valence-corrected chi connectivity index (χ4v) is 5.06. The minimum Gasteiger partial charge on any atom is -0.0911 e. The van der Waals surface area contributed by atoms with Crippen LogP contribution in [0.5, 0.6) is 0 Å². The average Bonchev–Trinajstić information content (AvgIpc) is 2.66. The summed E-state index contributed by atoms with van der Waals surface area (Å²) in [6.45, 7) is 4.34. The highest BCUT2D eigenvalue weighted by Gasteiger charge is 2.37. The highest BCUT2D eigenvalue weighted by molar-refractivity contribution is 6.28. The molecule has 3 aliphatic rings. The Bertz CT molecular complexity index is 1460. The molecule has 0 aromatic heterocycles. The van der Waals surface area contributed by atoms with Crippen molar-refractivity contribution in [2.75, 3.05) is 0 Å². The zero-order valence-corrected chi connectivity index (χ0v) is 13.6. The summed E-state index contributed by atoms with van der Waals surface area (Å²) in [5, 5.41) is 11.9. The lowest BCUT2D eigenvalue weighted by Gasteiger charge is -2.27. The zero-order valence-electron chi connectivity index (χ0n) is 13.6. The van der Waals surface area contributed by atoms with Gasteiger partial charge in [0.15, 0.2) is 0 Å². The quantitative estimate of drug-likeness (QED) is 0.251. The predicted octanol–water partition coefficient (Wildman–Crippen LogP) is 5.64. The molecule has 0 saturated carbocycles. The van der Waals surface area contributed by atoms with Gasteiger partial charge in [-0.15, -0.1) is 0 Å². The largest absolute Gasteiger partial charge is 0.0911 e. The third-order valence-electron chi connectivity index (χ3n) is 6.09. The van der Waals surface area contributed by atoms with Crippen LogP contribution in [0, 0.1) is 5.92 Å². The molecule has 0 spiro atoms. The van der Waals surface area contributed by atoms with Crippen LogP contribution >= 0.6 is 0 Å². The molecule has 0 heteroatoms. The highest BCUT2D eigenvalue weighted by Crippen LogP contribution is 2.51.